The van der Waals surface area contributed by atoms with Gasteiger partial charge >= 0.3 is 0 Å². The number of thiophene rings is 1. The van der Waals surface area contributed by atoms with Crippen molar-refractivity contribution < 1.29 is 13.2 Å². The summed E-state index contributed by atoms with van der Waals surface area (Å²) in [5.74, 6) is 0.612. The van der Waals surface area contributed by atoms with Crippen LogP contribution in [-0.4, -0.2) is 25.1 Å². The van der Waals surface area contributed by atoms with Gasteiger partial charge in [0, 0.05) is 12.7 Å². The Bertz CT molecular complexity index is 1030. The van der Waals surface area contributed by atoms with Crippen LogP contribution in [-0.2, 0) is 16.6 Å². The van der Waals surface area contributed by atoms with E-state index in [2.05, 4.69) is 9.71 Å². The zero-order chi connectivity index (χ0) is 18.9. The van der Waals surface area contributed by atoms with Crippen LogP contribution in [0.25, 0.3) is 5.69 Å². The fourth-order valence-corrected chi connectivity index (χ4v) is 5.25. The van der Waals surface area contributed by atoms with Crippen molar-refractivity contribution in [1.29, 1.82) is 0 Å². The molecule has 138 valence electrons. The number of aromatic nitrogens is 2. The maximum atomic E-state index is 12.4. The molecular weight excluding hydrogens is 417 g/mol. The molecule has 6 nitrogen and oxygen atoms in total. The Morgan fingerprint density at radius 2 is 2.08 bits per heavy atom. The first kappa shape index (κ1) is 19.2. The molecule has 0 amide bonds. The lowest BCUT2D eigenvalue weighted by Gasteiger charge is -2.12. The minimum atomic E-state index is -3.70. The van der Waals surface area contributed by atoms with E-state index in [0.717, 1.165) is 28.3 Å². The Morgan fingerprint density at radius 1 is 1.31 bits per heavy atom. The lowest BCUT2D eigenvalue weighted by atomic mass is 10.2. The van der Waals surface area contributed by atoms with Gasteiger partial charge < -0.3 is 9.30 Å². The van der Waals surface area contributed by atoms with Crippen LogP contribution in [0, 0.1) is 6.92 Å². The van der Waals surface area contributed by atoms with E-state index < -0.39 is 10.0 Å². The first-order valence-electron chi connectivity index (χ1n) is 7.42. The van der Waals surface area contributed by atoms with Crippen LogP contribution >= 0.6 is 34.5 Å². The highest BCUT2D eigenvalue weighted by Gasteiger charge is 2.19. The van der Waals surface area contributed by atoms with Crippen LogP contribution in [0.5, 0.6) is 5.75 Å². The molecule has 0 atom stereocenters. The van der Waals surface area contributed by atoms with E-state index >= 15 is 0 Å². The van der Waals surface area contributed by atoms with Crippen molar-refractivity contribution >= 4 is 44.6 Å². The molecule has 1 N–H and O–H groups in total. The third-order valence-electron chi connectivity index (χ3n) is 3.59. The van der Waals surface area contributed by atoms with E-state index in [1.54, 1.807) is 19.5 Å². The Balaban J connectivity index is 1.80. The molecule has 0 saturated heterocycles. The summed E-state index contributed by atoms with van der Waals surface area (Å²) in [5, 5.41) is 0.221. The number of sulfonamides is 1. The van der Waals surface area contributed by atoms with Gasteiger partial charge in [-0.15, -0.1) is 11.3 Å². The normalized spacial score (nSPS) is 11.7. The van der Waals surface area contributed by atoms with Gasteiger partial charge in [-0.2, -0.15) is 0 Å². The van der Waals surface area contributed by atoms with E-state index in [9.17, 15) is 8.42 Å². The highest BCUT2D eigenvalue weighted by Crippen LogP contribution is 2.34. The van der Waals surface area contributed by atoms with Crippen LogP contribution in [0.2, 0.25) is 9.36 Å². The summed E-state index contributed by atoms with van der Waals surface area (Å²) >= 11 is 12.6. The van der Waals surface area contributed by atoms with Gasteiger partial charge in [-0.3, -0.25) is 0 Å². The van der Waals surface area contributed by atoms with Crippen molar-refractivity contribution in [3.63, 3.8) is 0 Å². The maximum Gasteiger partial charge on any atom is 0.250 e. The number of hydrogen-bond acceptors (Lipinski definition) is 5. The van der Waals surface area contributed by atoms with Crippen molar-refractivity contribution in [3.8, 4) is 11.4 Å². The molecule has 0 radical (unpaired) electrons. The second-order valence-electron chi connectivity index (χ2n) is 5.44. The topological polar surface area (TPSA) is 73.2 Å². The molecule has 0 fully saturated rings. The number of halogens is 2. The number of nitrogens with zero attached hydrogens (tertiary/aromatic N) is 2. The lowest BCUT2D eigenvalue weighted by molar-refractivity contribution is 0.412. The summed E-state index contributed by atoms with van der Waals surface area (Å²) in [5.41, 5.74) is 2.45. The number of ether oxygens (including phenoxy) is 1. The number of benzene rings is 1. The maximum absolute atomic E-state index is 12.4. The average Bonchev–Trinajstić information content (AvgIpc) is 3.19. The number of aryl methyl sites for hydroxylation is 1. The second-order valence-corrected chi connectivity index (χ2v) is 9.50. The van der Waals surface area contributed by atoms with E-state index in [-0.39, 0.29) is 20.1 Å². The Hall–Kier alpha value is -1.58. The minimum absolute atomic E-state index is 0.0741. The van der Waals surface area contributed by atoms with Crippen molar-refractivity contribution in [3.05, 3.63) is 57.4 Å². The van der Waals surface area contributed by atoms with Crippen LogP contribution in [0.4, 0.5) is 0 Å². The van der Waals surface area contributed by atoms with E-state index in [0.29, 0.717) is 5.75 Å². The Morgan fingerprint density at radius 3 is 2.65 bits per heavy atom. The van der Waals surface area contributed by atoms with Gasteiger partial charge in [0.25, 0.3) is 0 Å². The molecule has 1 aromatic carbocycles. The third kappa shape index (κ3) is 4.05. The number of nitrogens with one attached hydrogen (secondary N) is 1. The first-order valence-corrected chi connectivity index (χ1v) is 10.5. The molecule has 0 unspecified atom stereocenters. The van der Waals surface area contributed by atoms with Crippen molar-refractivity contribution in [2.24, 2.45) is 0 Å². The highest BCUT2D eigenvalue weighted by atomic mass is 35.5. The molecule has 2 heterocycles. The van der Waals surface area contributed by atoms with Gasteiger partial charge in [0.15, 0.2) is 0 Å². The fraction of sp³-hybridized carbons (Fsp3) is 0.188. The molecule has 0 saturated carbocycles. The van der Waals surface area contributed by atoms with Crippen molar-refractivity contribution in [2.75, 3.05) is 7.11 Å². The zero-order valence-electron chi connectivity index (χ0n) is 13.9. The second kappa shape index (κ2) is 7.58. The molecule has 10 heteroatoms. The van der Waals surface area contributed by atoms with Gasteiger partial charge in [0.1, 0.15) is 14.3 Å². The van der Waals surface area contributed by atoms with Gasteiger partial charge in [-0.05, 0) is 30.7 Å². The monoisotopic (exact) mass is 431 g/mol. The standard InChI is InChI=1S/C16H15Cl2N3O3S2/c1-10-8-21(9-19-10)13-4-3-11(5-14(13)24-2)7-20-26(22,23)15-6-12(17)16(18)25-15/h3-6,8-9,20H,7H2,1-2H3. The number of hydrogen-bond donors (Lipinski definition) is 1. The smallest absolute Gasteiger partial charge is 0.250 e. The van der Waals surface area contributed by atoms with Gasteiger partial charge in [0.2, 0.25) is 10.0 Å². The van der Waals surface area contributed by atoms with Crippen LogP contribution < -0.4 is 9.46 Å². The first-order chi connectivity index (χ1) is 12.3. The lowest BCUT2D eigenvalue weighted by Crippen LogP contribution is -2.22. The molecule has 26 heavy (non-hydrogen) atoms. The van der Waals surface area contributed by atoms with E-state index in [1.165, 1.54) is 6.07 Å². The van der Waals surface area contributed by atoms with Crippen LogP contribution in [0.3, 0.4) is 0 Å². The molecule has 3 aromatic rings. The highest BCUT2D eigenvalue weighted by molar-refractivity contribution is 7.91. The summed E-state index contributed by atoms with van der Waals surface area (Å²) in [6, 6.07) is 6.79. The van der Waals surface area contributed by atoms with Crippen LogP contribution in [0.1, 0.15) is 11.3 Å². The molecule has 2 aromatic heterocycles. The number of methoxy groups -OCH3 is 1. The molecule has 0 aliphatic heterocycles. The summed E-state index contributed by atoms with van der Waals surface area (Å²) in [4.78, 5) is 4.20. The summed E-state index contributed by atoms with van der Waals surface area (Å²) in [6.45, 7) is 2.00. The van der Waals surface area contributed by atoms with Gasteiger partial charge in [0.05, 0.1) is 29.8 Å². The summed E-state index contributed by atoms with van der Waals surface area (Å²) in [7, 11) is -2.13. The zero-order valence-corrected chi connectivity index (χ0v) is 17.0. The van der Waals surface area contributed by atoms with E-state index in [1.807, 2.05) is 29.8 Å². The number of rotatable bonds is 6. The molecule has 0 spiro atoms. The Kier molecular flexibility index (Phi) is 5.59. The molecular formula is C16H15Cl2N3O3S2. The summed E-state index contributed by atoms with van der Waals surface area (Å²) in [6.07, 6.45) is 3.57. The largest absolute Gasteiger partial charge is 0.495 e. The third-order valence-corrected chi connectivity index (χ3v) is 7.33. The molecule has 0 aliphatic rings. The fourth-order valence-electron chi connectivity index (χ4n) is 2.31. The van der Waals surface area contributed by atoms with Gasteiger partial charge in [-0.25, -0.2) is 18.1 Å². The molecule has 3 rings (SSSR count). The summed E-state index contributed by atoms with van der Waals surface area (Å²) < 4.78 is 34.8. The molecule has 0 bridgehead atoms. The van der Waals surface area contributed by atoms with E-state index in [4.69, 9.17) is 27.9 Å². The predicted octanol–water partition coefficient (Wildman–Crippen LogP) is 4.04. The quantitative estimate of drug-likeness (QED) is 0.638. The van der Waals surface area contributed by atoms with Crippen molar-refractivity contribution in [2.45, 2.75) is 17.7 Å². The van der Waals surface area contributed by atoms with Crippen LogP contribution in [0.15, 0.2) is 41.0 Å². The van der Waals surface area contributed by atoms with Crippen molar-refractivity contribution in [1.82, 2.24) is 14.3 Å². The minimum Gasteiger partial charge on any atom is -0.495 e. The predicted molar refractivity (Wildman–Crippen MR) is 103 cm³/mol. The molecule has 0 aliphatic carbocycles. The van der Waals surface area contributed by atoms with Gasteiger partial charge in [-0.1, -0.05) is 29.3 Å². The number of imidazole rings is 1. The SMILES string of the molecule is COc1cc(CNS(=O)(=O)c2cc(Cl)c(Cl)s2)ccc1-n1cnc(C)c1. The average molecular weight is 432 g/mol. The Labute approximate surface area is 165 Å².